The van der Waals surface area contributed by atoms with Crippen LogP contribution in [0.1, 0.15) is 30.7 Å². The molecule has 1 saturated heterocycles. The van der Waals surface area contributed by atoms with Gasteiger partial charge in [-0.2, -0.15) is 0 Å². The molecule has 1 saturated carbocycles. The average Bonchev–Trinajstić information content (AvgIpc) is 3.12. The molecule has 4 rings (SSSR count). The lowest BCUT2D eigenvalue weighted by molar-refractivity contribution is 0.181. The molecule has 1 N–H and O–H groups in total. The van der Waals surface area contributed by atoms with Gasteiger partial charge in [0.15, 0.2) is 0 Å². The van der Waals surface area contributed by atoms with Gasteiger partial charge in [0, 0.05) is 42.6 Å². The van der Waals surface area contributed by atoms with Crippen molar-refractivity contribution in [3.63, 3.8) is 0 Å². The monoisotopic (exact) mass is 398 g/mol. The fraction of sp³-hybridized carbons (Fsp3) is 0.526. The minimum atomic E-state index is -0.225. The van der Waals surface area contributed by atoms with Gasteiger partial charge in [-0.25, -0.2) is 9.37 Å². The van der Waals surface area contributed by atoms with Crippen molar-refractivity contribution in [2.45, 2.75) is 38.4 Å². The molecule has 1 aromatic carbocycles. The zero-order valence-corrected chi connectivity index (χ0v) is 16.5. The highest BCUT2D eigenvalue weighted by atomic mass is 35.5. The summed E-state index contributed by atoms with van der Waals surface area (Å²) in [6.45, 7) is 3.51. The number of benzene rings is 1. The van der Waals surface area contributed by atoms with Crippen LogP contribution in [0.5, 0.6) is 0 Å². The van der Waals surface area contributed by atoms with E-state index in [0.717, 1.165) is 25.5 Å². The first-order valence-electron chi connectivity index (χ1n) is 8.92. The van der Waals surface area contributed by atoms with Crippen molar-refractivity contribution >= 4 is 24.0 Å². The van der Waals surface area contributed by atoms with Crippen LogP contribution in [-0.2, 0) is 20.1 Å². The molecule has 1 aliphatic carbocycles. The maximum absolute atomic E-state index is 14.3. The minimum absolute atomic E-state index is 0. The van der Waals surface area contributed by atoms with Crippen LogP contribution in [0.2, 0.25) is 5.02 Å². The molecule has 0 bridgehead atoms. The Morgan fingerprint density at radius 1 is 1.35 bits per heavy atom. The standard InChI is InChI=1S/C19H24ClFN4.ClH/c1-24-9-8-23-18(24)13-25(12-14-2-3-15(20)10-16(14)21)17-11-19(17)4-6-22-7-5-19;/h2-3,8-10,17,22H,4-7,11-13H2,1H3;1H. The number of aryl methyl sites for hydroxylation is 1. The van der Waals surface area contributed by atoms with Crippen LogP contribution in [-0.4, -0.2) is 33.6 Å². The molecular formula is C19H25Cl2FN4. The summed E-state index contributed by atoms with van der Waals surface area (Å²) in [6.07, 6.45) is 7.40. The van der Waals surface area contributed by atoms with Crippen molar-refractivity contribution in [1.29, 1.82) is 0 Å². The summed E-state index contributed by atoms with van der Waals surface area (Å²) < 4.78 is 16.4. The number of halogens is 3. The lowest BCUT2D eigenvalue weighted by Gasteiger charge is -2.29. The molecule has 1 atom stereocenters. The van der Waals surface area contributed by atoms with E-state index in [1.54, 1.807) is 12.1 Å². The van der Waals surface area contributed by atoms with Crippen LogP contribution in [0, 0.1) is 11.2 Å². The fourth-order valence-corrected chi connectivity index (χ4v) is 4.34. The van der Waals surface area contributed by atoms with Gasteiger partial charge in [0.1, 0.15) is 11.6 Å². The highest BCUT2D eigenvalue weighted by Crippen LogP contribution is 2.56. The van der Waals surface area contributed by atoms with E-state index in [2.05, 4.69) is 15.2 Å². The Kier molecular flexibility index (Phi) is 5.92. The van der Waals surface area contributed by atoms with E-state index in [1.165, 1.54) is 25.3 Å². The summed E-state index contributed by atoms with van der Waals surface area (Å²) in [5, 5.41) is 3.89. The van der Waals surface area contributed by atoms with E-state index in [9.17, 15) is 4.39 Å². The summed E-state index contributed by atoms with van der Waals surface area (Å²) in [4.78, 5) is 6.87. The summed E-state index contributed by atoms with van der Waals surface area (Å²) in [5.41, 5.74) is 1.11. The molecule has 1 aliphatic heterocycles. The molecule has 1 spiro atoms. The van der Waals surface area contributed by atoms with E-state index in [1.807, 2.05) is 24.0 Å². The summed E-state index contributed by atoms with van der Waals surface area (Å²) in [5.74, 6) is 0.794. The molecule has 1 unspecified atom stereocenters. The summed E-state index contributed by atoms with van der Waals surface area (Å²) in [7, 11) is 2.01. The number of piperidine rings is 1. The fourth-order valence-electron chi connectivity index (χ4n) is 4.18. The van der Waals surface area contributed by atoms with Gasteiger partial charge in [-0.05, 0) is 49.9 Å². The number of rotatable bonds is 5. The Bertz CT molecular complexity index is 758. The van der Waals surface area contributed by atoms with Gasteiger partial charge in [-0.15, -0.1) is 12.4 Å². The van der Waals surface area contributed by atoms with Gasteiger partial charge in [0.05, 0.1) is 6.54 Å². The van der Waals surface area contributed by atoms with Gasteiger partial charge in [-0.1, -0.05) is 17.7 Å². The lowest BCUT2D eigenvalue weighted by atomic mass is 9.93. The molecule has 2 aromatic rings. The van der Waals surface area contributed by atoms with Gasteiger partial charge in [0.25, 0.3) is 0 Å². The number of aromatic nitrogens is 2. The normalized spacial score (nSPS) is 21.0. The van der Waals surface area contributed by atoms with E-state index in [0.29, 0.717) is 28.6 Å². The molecule has 26 heavy (non-hydrogen) atoms. The molecule has 142 valence electrons. The zero-order valence-electron chi connectivity index (χ0n) is 14.9. The molecular weight excluding hydrogens is 374 g/mol. The molecule has 7 heteroatoms. The van der Waals surface area contributed by atoms with Crippen molar-refractivity contribution < 1.29 is 4.39 Å². The first-order valence-corrected chi connectivity index (χ1v) is 9.30. The Morgan fingerprint density at radius 2 is 2.12 bits per heavy atom. The van der Waals surface area contributed by atoms with Crippen molar-refractivity contribution in [3.8, 4) is 0 Å². The molecule has 0 radical (unpaired) electrons. The molecule has 4 nitrogen and oxygen atoms in total. The molecule has 2 aliphatic rings. The van der Waals surface area contributed by atoms with E-state index in [4.69, 9.17) is 11.6 Å². The Balaban J connectivity index is 0.00000196. The maximum Gasteiger partial charge on any atom is 0.129 e. The zero-order chi connectivity index (χ0) is 17.4. The predicted octanol–water partition coefficient (Wildman–Crippen LogP) is 3.78. The highest BCUT2D eigenvalue weighted by Gasteiger charge is 2.56. The minimum Gasteiger partial charge on any atom is -0.337 e. The molecule has 2 heterocycles. The van der Waals surface area contributed by atoms with Crippen LogP contribution in [0.3, 0.4) is 0 Å². The molecule has 0 amide bonds. The van der Waals surface area contributed by atoms with Crippen molar-refractivity contribution in [1.82, 2.24) is 19.8 Å². The van der Waals surface area contributed by atoms with Gasteiger partial charge < -0.3 is 9.88 Å². The SMILES string of the molecule is Cl.Cn1ccnc1CN(Cc1ccc(Cl)cc1F)C1CC12CCNCC2. The summed E-state index contributed by atoms with van der Waals surface area (Å²) >= 11 is 5.91. The Morgan fingerprint density at radius 3 is 2.77 bits per heavy atom. The third kappa shape index (κ3) is 3.91. The Labute approximate surface area is 165 Å². The van der Waals surface area contributed by atoms with Gasteiger partial charge in [-0.3, -0.25) is 4.90 Å². The smallest absolute Gasteiger partial charge is 0.129 e. The second kappa shape index (κ2) is 7.85. The summed E-state index contributed by atoms with van der Waals surface area (Å²) in [6, 6.07) is 5.48. The number of nitrogens with one attached hydrogen (secondary N) is 1. The second-order valence-corrected chi connectivity index (χ2v) is 7.86. The van der Waals surface area contributed by atoms with Gasteiger partial charge >= 0.3 is 0 Å². The highest BCUT2D eigenvalue weighted by molar-refractivity contribution is 6.30. The van der Waals surface area contributed by atoms with Crippen LogP contribution >= 0.6 is 24.0 Å². The predicted molar refractivity (Wildman–Crippen MR) is 104 cm³/mol. The number of nitrogens with zero attached hydrogens (tertiary/aromatic N) is 3. The second-order valence-electron chi connectivity index (χ2n) is 7.43. The molecule has 1 aromatic heterocycles. The van der Waals surface area contributed by atoms with E-state index in [-0.39, 0.29) is 18.2 Å². The Hall–Kier alpha value is -1.14. The number of imidazole rings is 1. The van der Waals surface area contributed by atoms with Gasteiger partial charge in [0.2, 0.25) is 0 Å². The van der Waals surface area contributed by atoms with Crippen molar-refractivity contribution in [2.24, 2.45) is 12.5 Å². The van der Waals surface area contributed by atoms with Crippen LogP contribution in [0.4, 0.5) is 4.39 Å². The van der Waals surface area contributed by atoms with Crippen molar-refractivity contribution in [2.75, 3.05) is 13.1 Å². The maximum atomic E-state index is 14.3. The van der Waals surface area contributed by atoms with Crippen molar-refractivity contribution in [3.05, 3.63) is 52.8 Å². The van der Waals surface area contributed by atoms with Crippen LogP contribution in [0.15, 0.2) is 30.6 Å². The third-order valence-electron chi connectivity index (χ3n) is 5.84. The molecule has 2 fully saturated rings. The van der Waals surface area contributed by atoms with E-state index >= 15 is 0 Å². The third-order valence-corrected chi connectivity index (χ3v) is 6.08. The van der Waals surface area contributed by atoms with E-state index < -0.39 is 0 Å². The topological polar surface area (TPSA) is 33.1 Å². The number of hydrogen-bond acceptors (Lipinski definition) is 3. The quantitative estimate of drug-likeness (QED) is 0.831. The number of hydrogen-bond donors (Lipinski definition) is 1. The van der Waals surface area contributed by atoms with Crippen LogP contribution in [0.25, 0.3) is 0 Å². The first-order chi connectivity index (χ1) is 12.1. The first kappa shape index (κ1) is 19.6. The largest absolute Gasteiger partial charge is 0.337 e. The van der Waals surface area contributed by atoms with Crippen LogP contribution < -0.4 is 5.32 Å². The average molecular weight is 399 g/mol. The lowest BCUT2D eigenvalue weighted by Crippen LogP contribution is -2.36.